The number of phosphoric ester groups is 5. The Hall–Kier alpha value is -13.4. The van der Waals surface area contributed by atoms with E-state index in [1.165, 1.54) is 56.5 Å². The van der Waals surface area contributed by atoms with E-state index in [1.54, 1.807) is 66.7 Å². The zero-order valence-corrected chi connectivity index (χ0v) is 81.7. The van der Waals surface area contributed by atoms with Gasteiger partial charge >= 0.3 is 39.1 Å². The smallest absolute Gasteiger partial charge is 0.472 e. The Morgan fingerprint density at radius 1 is 0.347 bits per heavy atom. The van der Waals surface area contributed by atoms with Gasteiger partial charge in [0.05, 0.1) is 90.8 Å². The number of aliphatic hydroxyl groups excluding tert-OH is 1. The molecular formula is C80H89N30O35P5. The number of phenols is 1. The summed E-state index contributed by atoms with van der Waals surface area (Å²) in [5.74, 6) is -1.39. The fourth-order valence-electron chi connectivity index (χ4n) is 18.5. The maximum Gasteiger partial charge on any atom is 0.472 e. The average molecular weight is 2190 g/mol. The predicted octanol–water partition coefficient (Wildman–Crippen LogP) is 1.31. The van der Waals surface area contributed by atoms with Crippen molar-refractivity contribution in [1.82, 2.24) is 117 Å². The minimum absolute atomic E-state index is 0.00126. The highest BCUT2D eigenvalue weighted by Gasteiger charge is 2.53. The van der Waals surface area contributed by atoms with Crippen LogP contribution in [0.4, 0.5) is 35.6 Å². The lowest BCUT2D eigenvalue weighted by molar-refractivity contribution is -0.0939. The van der Waals surface area contributed by atoms with Crippen LogP contribution in [0.25, 0.3) is 67.0 Å². The largest absolute Gasteiger partial charge is 0.508 e. The van der Waals surface area contributed by atoms with Gasteiger partial charge in [0.2, 0.25) is 29.7 Å². The zero-order chi connectivity index (χ0) is 105. The van der Waals surface area contributed by atoms with Crippen LogP contribution in [0.2, 0.25) is 0 Å². The molecule has 150 heavy (non-hydrogen) atoms. The summed E-state index contributed by atoms with van der Waals surface area (Å²) >= 11 is 0. The molecule has 0 bridgehead atoms. The van der Waals surface area contributed by atoms with Crippen molar-refractivity contribution >= 4 is 142 Å². The number of fused-ring (bicyclic) bond motifs is 6. The third-order valence-corrected chi connectivity index (χ3v) is 30.4. The van der Waals surface area contributed by atoms with E-state index in [-0.39, 0.29) is 116 Å². The first kappa shape index (κ1) is 102. The van der Waals surface area contributed by atoms with Gasteiger partial charge in [-0.05, 0) is 41.0 Å². The molecule has 0 spiro atoms. The summed E-state index contributed by atoms with van der Waals surface area (Å²) < 4.78 is 189. The quantitative estimate of drug-likeness (QED) is 0.0192. The first-order chi connectivity index (χ1) is 71.6. The van der Waals surface area contributed by atoms with Crippen LogP contribution < -0.4 is 66.9 Å². The van der Waals surface area contributed by atoms with Gasteiger partial charge in [0, 0.05) is 38.5 Å². The van der Waals surface area contributed by atoms with E-state index in [0.717, 1.165) is 34.4 Å². The number of imidazole rings is 6. The molecule has 15 aromatic rings. The Morgan fingerprint density at radius 3 is 0.927 bits per heavy atom. The number of aromatic nitrogens is 24. The molecule has 6 saturated heterocycles. The molecule has 0 radical (unpaired) electrons. The normalized spacial score (nSPS) is 26.6. The monoisotopic (exact) mass is 2180 g/mol. The highest BCUT2D eigenvalue weighted by molar-refractivity contribution is 7.48. The van der Waals surface area contributed by atoms with Gasteiger partial charge in [0.25, 0.3) is 27.8 Å². The van der Waals surface area contributed by atoms with E-state index in [4.69, 9.17) is 118 Å². The van der Waals surface area contributed by atoms with Gasteiger partial charge < -0.3 is 107 Å². The van der Waals surface area contributed by atoms with E-state index in [9.17, 15) is 81.5 Å². The van der Waals surface area contributed by atoms with Gasteiger partial charge in [-0.1, -0.05) is 54.6 Å². The first-order valence-electron chi connectivity index (χ1n) is 45.2. The minimum Gasteiger partial charge on any atom is -0.508 e. The third-order valence-electron chi connectivity index (χ3n) is 25.4. The maximum atomic E-state index is 15.0. The molecule has 6 aliphatic heterocycles. The first-order valence-corrected chi connectivity index (χ1v) is 52.7. The van der Waals surface area contributed by atoms with Crippen LogP contribution in [0.15, 0.2) is 147 Å². The molecule has 18 heterocycles. The van der Waals surface area contributed by atoms with Crippen LogP contribution in [0.1, 0.15) is 92.6 Å². The standard InChI is InChI=1S/C80H89N30O35P5/c1-128-38-13-9-36(10-14-38)80(34-5-3-2-4-6-34,35-7-11-37(111)12-8-35)129-21-46-40(16-53(136-46)107-30-91-59-66(107)96-76(83)101-71(59)114)141-147(120,121)131-24-48-42(18-54(138-48)108-31-92-60-67(108)97-77(84)102-72(60)115)144-149(124,125)133-26-50-44(20-56(140-50)110-33-94-62-69(110)99-79(86)104-74(62)117)145-150(126,127)134-25-49-43(19-55(139-49)109-32-93-61-68(109)98-78(85)103-73(61)116)143-148(122,123)132-23-47-41(17-52(137-47)105-28-89-57-63(81)87-27-88-64(57)105)142-146(118,119)130-22-45-39(112)15-51(135-45)106-29-90-58-65(106)95-75(82)100-70(58)113/h2-14,27-33,39-56,111-112H,15-26H2,1H3,(H,118,119)(H,120,121)(H,122,123)(H,124,125)(H,126,127)(H2,81,87,88)(H3,82,95,100,113)(H3,83,96,101,114)(H3,84,97,102,115)(H3,85,98,103,116)(H3,86,99,104,117). The summed E-state index contributed by atoms with van der Waals surface area (Å²) in [5.41, 5.74) is 30.5. The van der Waals surface area contributed by atoms with Crippen LogP contribution >= 0.6 is 39.1 Å². The average Bonchev–Trinajstić information content (AvgIpc) is 1.17. The van der Waals surface area contributed by atoms with Crippen LogP contribution in [0.3, 0.4) is 0 Å². The number of aliphatic hydroxyl groups is 1. The number of phosphoric acid groups is 5. The second-order valence-corrected chi connectivity index (χ2v) is 41.9. The molecule has 6 aliphatic rings. The molecule has 21 rings (SSSR count). The van der Waals surface area contributed by atoms with Crippen molar-refractivity contribution in [3.05, 3.63) is 192 Å². The highest BCUT2D eigenvalue weighted by atomic mass is 31.2. The minimum atomic E-state index is -5.73. The number of phenolic OH excluding ortho intramolecular Hbond substituents is 1. The lowest BCUT2D eigenvalue weighted by atomic mass is 9.80. The Labute approximate surface area is 834 Å². The number of ether oxygens (including phenoxy) is 8. The van der Waals surface area contributed by atoms with Gasteiger partial charge in [-0.25, -0.2) is 62.7 Å². The number of aromatic amines is 5. The molecule has 794 valence electrons. The molecule has 24 N–H and O–H groups in total. The number of H-pyrrole nitrogens is 5. The van der Waals surface area contributed by atoms with E-state index in [1.807, 2.05) is 0 Å². The van der Waals surface area contributed by atoms with Gasteiger partial charge in [0.15, 0.2) is 67.3 Å². The number of nitrogen functional groups attached to an aromatic ring is 6. The van der Waals surface area contributed by atoms with Crippen molar-refractivity contribution in [2.45, 2.75) is 155 Å². The Kier molecular flexibility index (Phi) is 27.6. The summed E-state index contributed by atoms with van der Waals surface area (Å²) in [5, 5.41) is 21.8. The molecule has 12 aromatic heterocycles. The lowest BCUT2D eigenvalue weighted by Gasteiger charge is -2.37. The second kappa shape index (κ2) is 40.4. The number of rotatable bonds is 38. The molecule has 24 atom stereocenters. The molecule has 6 fully saturated rings. The Morgan fingerprint density at radius 2 is 0.613 bits per heavy atom. The van der Waals surface area contributed by atoms with E-state index in [0.29, 0.717) is 22.4 Å². The summed E-state index contributed by atoms with van der Waals surface area (Å²) in [7, 11) is -26.5. The fourth-order valence-corrected chi connectivity index (χ4v) is 23.3. The molecule has 3 aromatic carbocycles. The highest BCUT2D eigenvalue weighted by Crippen LogP contribution is 2.58. The second-order valence-electron chi connectivity index (χ2n) is 34.9. The number of nitrogens with zero attached hydrogens (tertiary/aromatic N) is 19. The number of nitrogens with two attached hydrogens (primary N) is 6. The number of nitrogens with one attached hydrogen (secondary N) is 5. The number of aromatic hydroxyl groups is 1. The SMILES string of the molecule is COc1ccc(C(OCC2OC(n3cnc4c(=O)[nH]c(N)nc43)CC2OP(=O)(O)OCC2OC(n3cnc4c(=O)[nH]c(N)nc43)CC2OP(=O)(O)OCC2OC(n3cnc4c(=O)[nH]c(N)nc43)CC2OP(=O)(O)OCC2OC(n3cnc4c(=O)[nH]c(N)nc43)CC2OP(=O)(O)OCC2OC(n3cnc4c(N)ncnc43)CC2OP(=O)(O)OCC2OC(n3cnc4c(=O)[nH]c(N)nc43)CC2O)(c2ccccc2)c2ccc(O)cc2)cc1. The number of anilines is 6. The van der Waals surface area contributed by atoms with Gasteiger partial charge in [-0.2, -0.15) is 24.9 Å². The molecule has 65 nitrogen and oxygen atoms in total. The van der Waals surface area contributed by atoms with Crippen LogP contribution in [0, 0.1) is 0 Å². The Balaban J connectivity index is 0.527. The number of benzene rings is 3. The summed E-state index contributed by atoms with van der Waals surface area (Å²) in [6.07, 6.45) is -22.0. The molecular weight excluding hydrogens is 2100 g/mol. The van der Waals surface area contributed by atoms with E-state index < -0.39 is 254 Å². The Bertz CT molecular complexity index is 8240. The summed E-state index contributed by atoms with van der Waals surface area (Å²) in [6.45, 7) is -5.69. The summed E-state index contributed by atoms with van der Waals surface area (Å²) in [4.78, 5) is 191. The number of hydrogen-bond donors (Lipinski definition) is 18. The van der Waals surface area contributed by atoms with Gasteiger partial charge in [-0.3, -0.25) is 122 Å². The molecule has 70 heteroatoms. The maximum absolute atomic E-state index is 15.0. The van der Waals surface area contributed by atoms with Crippen LogP contribution in [-0.2, 0) is 107 Å². The lowest BCUT2D eigenvalue weighted by Crippen LogP contribution is -2.38. The van der Waals surface area contributed by atoms with Crippen LogP contribution in [0.5, 0.6) is 11.5 Å². The van der Waals surface area contributed by atoms with Crippen molar-refractivity contribution in [3.8, 4) is 11.5 Å². The van der Waals surface area contributed by atoms with Gasteiger partial charge in [-0.15, -0.1) is 0 Å². The molecule has 24 unspecified atom stereocenters. The number of methoxy groups -OCH3 is 1. The van der Waals surface area contributed by atoms with Crippen molar-refractivity contribution in [2.75, 3.05) is 81.2 Å². The summed E-state index contributed by atoms with van der Waals surface area (Å²) in [6, 6.07) is 22.0. The fraction of sp³-hybridized carbons (Fsp3) is 0.400. The molecule has 0 aliphatic carbocycles. The third kappa shape index (κ3) is 20.8. The van der Waals surface area contributed by atoms with Gasteiger partial charge in [0.1, 0.15) is 133 Å². The molecule has 0 amide bonds. The number of hydrogen-bond acceptors (Lipinski definition) is 49. The van der Waals surface area contributed by atoms with E-state index >= 15 is 0 Å². The zero-order valence-electron chi connectivity index (χ0n) is 77.2. The van der Waals surface area contributed by atoms with Crippen molar-refractivity contribution < 1.29 is 141 Å². The van der Waals surface area contributed by atoms with Crippen molar-refractivity contribution in [2.24, 2.45) is 0 Å². The van der Waals surface area contributed by atoms with Crippen molar-refractivity contribution in [1.29, 1.82) is 0 Å². The topological polar surface area (TPSA) is 911 Å². The predicted molar refractivity (Wildman–Crippen MR) is 506 cm³/mol. The van der Waals surface area contributed by atoms with Crippen LogP contribution in [-0.4, -0.2) is 272 Å². The van der Waals surface area contributed by atoms with E-state index in [2.05, 4.69) is 89.7 Å². The van der Waals surface area contributed by atoms with Crippen molar-refractivity contribution in [3.63, 3.8) is 0 Å². The molecule has 0 saturated carbocycles.